The van der Waals surface area contributed by atoms with Crippen molar-refractivity contribution in [2.24, 2.45) is 11.5 Å². The summed E-state index contributed by atoms with van der Waals surface area (Å²) < 4.78 is 0. The van der Waals surface area contributed by atoms with Gasteiger partial charge in [0.15, 0.2) is 0 Å². The zero-order chi connectivity index (χ0) is 12.2. The van der Waals surface area contributed by atoms with Crippen molar-refractivity contribution in [2.75, 3.05) is 39.3 Å². The van der Waals surface area contributed by atoms with Gasteiger partial charge >= 0.3 is 0 Å². The molecule has 4 heteroatoms. The molecule has 0 saturated carbocycles. The van der Waals surface area contributed by atoms with Crippen molar-refractivity contribution in [2.45, 2.75) is 12.8 Å². The Labute approximate surface area is 99.2 Å². The Morgan fingerprint density at radius 2 is 1.62 bits per heavy atom. The highest BCUT2D eigenvalue weighted by atomic mass is 14.9. The molecule has 0 radical (unpaired) electrons. The number of hydrogen-bond donors (Lipinski definition) is 4. The Hall–Kier alpha value is -0.680. The molecule has 16 heavy (non-hydrogen) atoms. The van der Waals surface area contributed by atoms with Crippen molar-refractivity contribution in [1.29, 1.82) is 0 Å². The maximum atomic E-state index is 5.43. The minimum atomic E-state index is 0.542. The molecule has 0 unspecified atom stereocenters. The van der Waals surface area contributed by atoms with Crippen LogP contribution in [0.15, 0.2) is 24.3 Å². The average molecular weight is 226 g/mol. The lowest BCUT2D eigenvalue weighted by Crippen LogP contribution is -2.24. The summed E-state index contributed by atoms with van der Waals surface area (Å²) in [4.78, 5) is 0. The van der Waals surface area contributed by atoms with Crippen molar-refractivity contribution in [3.8, 4) is 0 Å². The fourth-order valence-electron chi connectivity index (χ4n) is 1.19. The van der Waals surface area contributed by atoms with E-state index in [1.807, 2.05) is 0 Å². The third-order valence-corrected chi connectivity index (χ3v) is 2.25. The van der Waals surface area contributed by atoms with Crippen LogP contribution in [-0.2, 0) is 0 Å². The highest BCUT2D eigenvalue weighted by molar-refractivity contribution is 5.02. The molecule has 0 aromatic carbocycles. The summed E-state index contributed by atoms with van der Waals surface area (Å²) in [5.74, 6) is 0. The third kappa shape index (κ3) is 9.86. The molecule has 0 aliphatic heterocycles. The van der Waals surface area contributed by atoms with E-state index in [1.54, 1.807) is 0 Å². The summed E-state index contributed by atoms with van der Waals surface area (Å²) in [7, 11) is 0. The van der Waals surface area contributed by atoms with Gasteiger partial charge in [-0.3, -0.25) is 0 Å². The summed E-state index contributed by atoms with van der Waals surface area (Å²) in [5.41, 5.74) is 13.0. The molecule has 0 aliphatic carbocycles. The molecular weight excluding hydrogens is 200 g/mol. The second kappa shape index (κ2) is 10.8. The number of nitrogens with one attached hydrogen (secondary N) is 2. The van der Waals surface area contributed by atoms with Crippen LogP contribution in [0.1, 0.15) is 12.8 Å². The van der Waals surface area contributed by atoms with Crippen molar-refractivity contribution in [1.82, 2.24) is 10.6 Å². The summed E-state index contributed by atoms with van der Waals surface area (Å²) in [6.45, 7) is 12.7. The smallest absolute Gasteiger partial charge is 0.0177 e. The summed E-state index contributed by atoms with van der Waals surface area (Å²) >= 11 is 0. The van der Waals surface area contributed by atoms with Crippen molar-refractivity contribution in [3.63, 3.8) is 0 Å². The normalized spacial score (nSPS) is 10.4. The molecule has 0 aromatic rings. The predicted molar refractivity (Wildman–Crippen MR) is 71.4 cm³/mol. The van der Waals surface area contributed by atoms with Crippen LogP contribution < -0.4 is 22.1 Å². The van der Waals surface area contributed by atoms with E-state index in [4.69, 9.17) is 11.5 Å². The fourth-order valence-corrected chi connectivity index (χ4v) is 1.19. The zero-order valence-electron chi connectivity index (χ0n) is 10.2. The van der Waals surface area contributed by atoms with Crippen LogP contribution in [0, 0.1) is 0 Å². The minimum absolute atomic E-state index is 0.542. The van der Waals surface area contributed by atoms with Gasteiger partial charge in [0.1, 0.15) is 0 Å². The van der Waals surface area contributed by atoms with Gasteiger partial charge in [-0.2, -0.15) is 0 Å². The molecule has 4 nitrogen and oxygen atoms in total. The van der Waals surface area contributed by atoms with Crippen LogP contribution in [0.25, 0.3) is 0 Å². The van der Waals surface area contributed by atoms with Crippen molar-refractivity contribution in [3.05, 3.63) is 24.3 Å². The molecule has 6 N–H and O–H groups in total. The Kier molecular flexibility index (Phi) is 10.4. The summed E-state index contributed by atoms with van der Waals surface area (Å²) in [6, 6.07) is 0. The maximum Gasteiger partial charge on any atom is 0.0177 e. The van der Waals surface area contributed by atoms with Crippen molar-refractivity contribution >= 4 is 0 Å². The number of nitrogens with two attached hydrogens (primary N) is 2. The molecule has 0 saturated heterocycles. The van der Waals surface area contributed by atoms with E-state index in [9.17, 15) is 0 Å². The molecule has 0 rings (SSSR count). The first-order valence-electron chi connectivity index (χ1n) is 5.85. The molecular formula is C12H26N4. The van der Waals surface area contributed by atoms with Gasteiger partial charge < -0.3 is 22.1 Å². The Morgan fingerprint density at radius 3 is 2.25 bits per heavy atom. The van der Waals surface area contributed by atoms with Gasteiger partial charge in [0.05, 0.1) is 0 Å². The SMILES string of the molecule is C=C(CN)CNCC(=C)CCNCCCN. The number of hydrogen-bond acceptors (Lipinski definition) is 4. The highest BCUT2D eigenvalue weighted by Gasteiger charge is 1.95. The maximum absolute atomic E-state index is 5.43. The van der Waals surface area contributed by atoms with E-state index in [0.29, 0.717) is 6.54 Å². The third-order valence-electron chi connectivity index (χ3n) is 2.25. The van der Waals surface area contributed by atoms with Crippen LogP contribution in [0.3, 0.4) is 0 Å². The first-order valence-corrected chi connectivity index (χ1v) is 5.85. The van der Waals surface area contributed by atoms with E-state index in [1.165, 1.54) is 5.57 Å². The van der Waals surface area contributed by atoms with Crippen LogP contribution >= 0.6 is 0 Å². The highest BCUT2D eigenvalue weighted by Crippen LogP contribution is 1.94. The van der Waals surface area contributed by atoms with Gasteiger partial charge in [0, 0.05) is 19.6 Å². The molecule has 0 atom stereocenters. The minimum Gasteiger partial charge on any atom is -0.330 e. The predicted octanol–water partition coefficient (Wildman–Crippen LogP) is -0.0244. The van der Waals surface area contributed by atoms with Gasteiger partial charge in [-0.1, -0.05) is 24.3 Å². The van der Waals surface area contributed by atoms with Crippen molar-refractivity contribution < 1.29 is 0 Å². The van der Waals surface area contributed by atoms with Crippen LogP contribution in [-0.4, -0.2) is 39.3 Å². The van der Waals surface area contributed by atoms with Gasteiger partial charge in [-0.15, -0.1) is 0 Å². The van der Waals surface area contributed by atoms with Gasteiger partial charge in [0.25, 0.3) is 0 Å². The van der Waals surface area contributed by atoms with Crippen LogP contribution in [0.4, 0.5) is 0 Å². The average Bonchev–Trinajstić information content (AvgIpc) is 2.28. The first kappa shape index (κ1) is 15.3. The summed E-state index contributed by atoms with van der Waals surface area (Å²) in [6.07, 6.45) is 2.02. The van der Waals surface area contributed by atoms with Crippen LogP contribution in [0.2, 0.25) is 0 Å². The van der Waals surface area contributed by atoms with E-state index < -0.39 is 0 Å². The van der Waals surface area contributed by atoms with E-state index in [-0.39, 0.29) is 0 Å². The van der Waals surface area contributed by atoms with E-state index in [0.717, 1.165) is 51.1 Å². The van der Waals surface area contributed by atoms with E-state index >= 15 is 0 Å². The first-order chi connectivity index (χ1) is 7.70. The van der Waals surface area contributed by atoms with Crippen LogP contribution in [0.5, 0.6) is 0 Å². The number of rotatable bonds is 11. The summed E-state index contributed by atoms with van der Waals surface area (Å²) in [5, 5.41) is 6.58. The molecule has 0 aromatic heterocycles. The monoisotopic (exact) mass is 226 g/mol. The van der Waals surface area contributed by atoms with E-state index in [2.05, 4.69) is 23.8 Å². The standard InChI is InChI=1S/C12H26N4/c1-11(4-7-15-6-3-5-13)9-16-10-12(2)8-14/h15-16H,1-10,13-14H2. The lowest BCUT2D eigenvalue weighted by molar-refractivity contribution is 0.641. The molecule has 0 aliphatic rings. The topological polar surface area (TPSA) is 76.1 Å². The largest absolute Gasteiger partial charge is 0.330 e. The molecule has 0 fully saturated rings. The fraction of sp³-hybridized carbons (Fsp3) is 0.667. The Bertz CT molecular complexity index is 201. The quantitative estimate of drug-likeness (QED) is 0.295. The lowest BCUT2D eigenvalue weighted by Gasteiger charge is -2.09. The Morgan fingerprint density at radius 1 is 0.938 bits per heavy atom. The second-order valence-electron chi connectivity index (χ2n) is 3.95. The molecule has 0 heterocycles. The molecule has 94 valence electrons. The Balaban J connectivity index is 3.28. The zero-order valence-corrected chi connectivity index (χ0v) is 10.2. The molecule has 0 spiro atoms. The molecule has 0 amide bonds. The lowest BCUT2D eigenvalue weighted by atomic mass is 10.2. The second-order valence-corrected chi connectivity index (χ2v) is 3.95. The molecule has 0 bridgehead atoms. The van der Waals surface area contributed by atoms with Gasteiger partial charge in [0.2, 0.25) is 0 Å². The van der Waals surface area contributed by atoms with Gasteiger partial charge in [-0.05, 0) is 32.5 Å². The van der Waals surface area contributed by atoms with Gasteiger partial charge in [-0.25, -0.2) is 0 Å².